The van der Waals surface area contributed by atoms with E-state index in [0.717, 1.165) is 17.0 Å². The minimum Gasteiger partial charge on any atom is -0.462 e. The van der Waals surface area contributed by atoms with Crippen molar-refractivity contribution in [2.75, 3.05) is 39.1 Å². The first-order chi connectivity index (χ1) is 13.3. The predicted octanol–water partition coefficient (Wildman–Crippen LogP) is 0.929. The number of thiophene rings is 1. The quantitative estimate of drug-likeness (QED) is 0.543. The van der Waals surface area contributed by atoms with Crippen LogP contribution >= 0.6 is 11.3 Å². The van der Waals surface area contributed by atoms with Crippen LogP contribution in [0.1, 0.15) is 39.3 Å². The van der Waals surface area contributed by atoms with E-state index in [1.807, 2.05) is 37.4 Å². The summed E-state index contributed by atoms with van der Waals surface area (Å²) < 4.78 is 5.14. The van der Waals surface area contributed by atoms with Gasteiger partial charge in [0.2, 0.25) is 0 Å². The van der Waals surface area contributed by atoms with Crippen LogP contribution in [0.4, 0.5) is 5.00 Å². The van der Waals surface area contributed by atoms with Crippen molar-refractivity contribution in [3.05, 3.63) is 51.9 Å². The monoisotopic (exact) mass is 405 g/mol. The van der Waals surface area contributed by atoms with Crippen molar-refractivity contribution in [3.8, 4) is 0 Å². The molecule has 1 aromatic heterocycles. The Balaban J connectivity index is 1.97. The summed E-state index contributed by atoms with van der Waals surface area (Å²) in [5.41, 5.74) is 2.59. The maximum Gasteiger partial charge on any atom is 0.341 e. The number of ether oxygens (including phenoxy) is 1. The third kappa shape index (κ3) is 5.64. The normalized spacial score (nSPS) is 12.1. The van der Waals surface area contributed by atoms with Crippen LogP contribution in [0.2, 0.25) is 0 Å². The lowest BCUT2D eigenvalue weighted by Crippen LogP contribution is -3.09. The van der Waals surface area contributed by atoms with Crippen LogP contribution in [0.5, 0.6) is 0 Å². The summed E-state index contributed by atoms with van der Waals surface area (Å²) in [6.45, 7) is 7.00. The molecule has 0 radical (unpaired) electrons. The van der Waals surface area contributed by atoms with Gasteiger partial charge in [-0.05, 0) is 26.3 Å². The predicted molar refractivity (Wildman–Crippen MR) is 112 cm³/mol. The fraction of sp³-hybridized carbons (Fsp3) is 0.429. The van der Waals surface area contributed by atoms with Crippen molar-refractivity contribution < 1.29 is 24.5 Å². The van der Waals surface area contributed by atoms with Gasteiger partial charge in [0.05, 0.1) is 26.3 Å². The Kier molecular flexibility index (Phi) is 8.17. The summed E-state index contributed by atoms with van der Waals surface area (Å²) in [7, 11) is 4.24. The maximum absolute atomic E-state index is 12.5. The molecule has 2 aromatic rings. The standard InChI is InChI=1S/C21H29N3O3S/c1-6-27-21(26)19-14(2)15(3)28-20(19)23-18(25)13-22-12-17(24(4)5)16-10-8-7-9-11-16/h7-11,17,22H,6,12-13H2,1-5H3,(H,23,25)/p+2/t17-/m1/s1. The van der Waals surface area contributed by atoms with E-state index in [0.29, 0.717) is 29.8 Å². The lowest BCUT2D eigenvalue weighted by Gasteiger charge is -2.20. The molecule has 1 atom stereocenters. The SMILES string of the molecule is CCOC(=O)c1c(NC(=O)C[NH2+]C[C@H](c2ccccc2)[NH+](C)C)sc(C)c1C. The molecule has 0 unspecified atom stereocenters. The summed E-state index contributed by atoms with van der Waals surface area (Å²) in [5.74, 6) is -0.503. The average Bonchev–Trinajstić information content (AvgIpc) is 2.93. The van der Waals surface area contributed by atoms with Crippen LogP contribution in [-0.2, 0) is 9.53 Å². The number of benzene rings is 1. The van der Waals surface area contributed by atoms with Gasteiger partial charge in [-0.1, -0.05) is 30.3 Å². The third-order valence-electron chi connectivity index (χ3n) is 4.75. The van der Waals surface area contributed by atoms with E-state index >= 15 is 0 Å². The van der Waals surface area contributed by atoms with E-state index in [-0.39, 0.29) is 11.9 Å². The molecular formula is C21H31N3O3S+2. The number of quaternary nitrogens is 2. The lowest BCUT2D eigenvalue weighted by molar-refractivity contribution is -0.908. The molecule has 0 saturated carbocycles. The van der Waals surface area contributed by atoms with Crippen LogP contribution in [0.15, 0.2) is 30.3 Å². The van der Waals surface area contributed by atoms with Gasteiger partial charge in [-0.3, -0.25) is 4.79 Å². The minimum atomic E-state index is -0.385. The average molecular weight is 406 g/mol. The molecule has 1 amide bonds. The van der Waals surface area contributed by atoms with Gasteiger partial charge in [-0.2, -0.15) is 0 Å². The van der Waals surface area contributed by atoms with Gasteiger partial charge >= 0.3 is 5.97 Å². The fourth-order valence-corrected chi connectivity index (χ4v) is 4.18. The summed E-state index contributed by atoms with van der Waals surface area (Å²) in [6.07, 6.45) is 0. The van der Waals surface area contributed by atoms with Crippen molar-refractivity contribution in [3.63, 3.8) is 0 Å². The van der Waals surface area contributed by atoms with Crippen molar-refractivity contribution in [1.82, 2.24) is 0 Å². The number of nitrogens with one attached hydrogen (secondary N) is 2. The highest BCUT2D eigenvalue weighted by Gasteiger charge is 2.23. The molecule has 0 aliphatic carbocycles. The van der Waals surface area contributed by atoms with Gasteiger partial charge in [0, 0.05) is 10.4 Å². The molecule has 28 heavy (non-hydrogen) atoms. The number of likely N-dealkylation sites (N-methyl/N-ethyl adjacent to an activating group) is 1. The van der Waals surface area contributed by atoms with E-state index in [1.165, 1.54) is 21.8 Å². The number of carbonyl (C=O) groups is 2. The first-order valence-corrected chi connectivity index (χ1v) is 10.4. The van der Waals surface area contributed by atoms with E-state index < -0.39 is 0 Å². The fourth-order valence-electron chi connectivity index (χ4n) is 3.11. The number of anilines is 1. The van der Waals surface area contributed by atoms with Gasteiger partial charge in [0.15, 0.2) is 12.6 Å². The zero-order valence-corrected chi connectivity index (χ0v) is 18.1. The molecule has 2 rings (SSSR count). The highest BCUT2D eigenvalue weighted by atomic mass is 32.1. The number of nitrogens with two attached hydrogens (primary N) is 1. The van der Waals surface area contributed by atoms with Crippen LogP contribution in [0, 0.1) is 13.8 Å². The van der Waals surface area contributed by atoms with E-state index in [2.05, 4.69) is 31.5 Å². The van der Waals surface area contributed by atoms with Crippen molar-refractivity contribution in [1.29, 1.82) is 0 Å². The Labute approximate surface area is 170 Å². The topological polar surface area (TPSA) is 76.4 Å². The van der Waals surface area contributed by atoms with Gasteiger partial charge in [0.1, 0.15) is 11.5 Å². The minimum absolute atomic E-state index is 0.118. The van der Waals surface area contributed by atoms with Crippen LogP contribution < -0.4 is 15.5 Å². The Hall–Kier alpha value is -2.22. The Bertz CT molecular complexity index is 803. The second kappa shape index (κ2) is 10.4. The number of amides is 1. The molecule has 0 aliphatic rings. The molecule has 4 N–H and O–H groups in total. The number of aryl methyl sites for hydroxylation is 1. The molecule has 0 bridgehead atoms. The zero-order chi connectivity index (χ0) is 20.7. The zero-order valence-electron chi connectivity index (χ0n) is 17.3. The van der Waals surface area contributed by atoms with Gasteiger partial charge < -0.3 is 20.3 Å². The second-order valence-electron chi connectivity index (χ2n) is 7.03. The van der Waals surface area contributed by atoms with Gasteiger partial charge in [0.25, 0.3) is 5.91 Å². The molecule has 0 fully saturated rings. The van der Waals surface area contributed by atoms with Crippen molar-refractivity contribution in [2.45, 2.75) is 26.8 Å². The number of hydrogen-bond donors (Lipinski definition) is 3. The number of hydrogen-bond acceptors (Lipinski definition) is 4. The highest BCUT2D eigenvalue weighted by Crippen LogP contribution is 2.32. The van der Waals surface area contributed by atoms with Crippen LogP contribution in [0.25, 0.3) is 0 Å². The second-order valence-corrected chi connectivity index (χ2v) is 8.25. The van der Waals surface area contributed by atoms with Crippen molar-refractivity contribution in [2.24, 2.45) is 0 Å². The first-order valence-electron chi connectivity index (χ1n) is 9.58. The smallest absolute Gasteiger partial charge is 0.341 e. The molecule has 0 saturated heterocycles. The summed E-state index contributed by atoms with van der Waals surface area (Å²) in [4.78, 5) is 27.0. The molecule has 7 heteroatoms. The molecule has 6 nitrogen and oxygen atoms in total. The molecule has 0 spiro atoms. The Morgan fingerprint density at radius 2 is 1.89 bits per heavy atom. The number of carbonyl (C=O) groups excluding carboxylic acids is 2. The maximum atomic E-state index is 12.5. The van der Waals surface area contributed by atoms with Crippen LogP contribution in [-0.4, -0.2) is 45.7 Å². The number of esters is 1. The van der Waals surface area contributed by atoms with Gasteiger partial charge in [-0.15, -0.1) is 11.3 Å². The summed E-state index contributed by atoms with van der Waals surface area (Å²) >= 11 is 1.41. The first kappa shape index (κ1) is 22.1. The lowest BCUT2D eigenvalue weighted by atomic mass is 10.1. The van der Waals surface area contributed by atoms with E-state index in [1.54, 1.807) is 6.92 Å². The highest BCUT2D eigenvalue weighted by molar-refractivity contribution is 7.16. The Morgan fingerprint density at radius 1 is 1.21 bits per heavy atom. The number of rotatable bonds is 9. The van der Waals surface area contributed by atoms with Crippen molar-refractivity contribution >= 4 is 28.2 Å². The Morgan fingerprint density at radius 3 is 2.50 bits per heavy atom. The largest absolute Gasteiger partial charge is 0.462 e. The molecule has 1 aromatic carbocycles. The summed E-state index contributed by atoms with van der Waals surface area (Å²) in [6, 6.07) is 10.6. The molecule has 152 valence electrons. The molecule has 1 heterocycles. The third-order valence-corrected chi connectivity index (χ3v) is 5.87. The van der Waals surface area contributed by atoms with Gasteiger partial charge in [-0.25, -0.2) is 4.79 Å². The molecule has 0 aliphatic heterocycles. The van der Waals surface area contributed by atoms with Crippen LogP contribution in [0.3, 0.4) is 0 Å². The van der Waals surface area contributed by atoms with E-state index in [9.17, 15) is 9.59 Å². The molecular weight excluding hydrogens is 374 g/mol. The van der Waals surface area contributed by atoms with E-state index in [4.69, 9.17) is 4.74 Å². The summed E-state index contributed by atoms with van der Waals surface area (Å²) in [5, 5.41) is 5.48.